The lowest BCUT2D eigenvalue weighted by molar-refractivity contribution is -0.134. The molecule has 228 valence electrons. The van der Waals surface area contributed by atoms with Gasteiger partial charge >= 0.3 is 0 Å². The summed E-state index contributed by atoms with van der Waals surface area (Å²) in [5, 5.41) is 15.1. The molecule has 3 N–H and O–H groups in total. The number of nitrogens with zero attached hydrogens (tertiary/aromatic N) is 4. The number of amides is 3. The van der Waals surface area contributed by atoms with Crippen LogP contribution in [0, 0.1) is 5.82 Å². The monoisotopic (exact) mass is 636 g/mol. The van der Waals surface area contributed by atoms with E-state index in [0.717, 1.165) is 0 Å². The highest BCUT2D eigenvalue weighted by molar-refractivity contribution is 6.34. The first-order valence-corrected chi connectivity index (χ1v) is 14.1. The number of hydrogen-bond acceptors (Lipinski definition) is 7. The Morgan fingerprint density at radius 3 is 2.51 bits per heavy atom. The molecule has 2 atom stereocenters. The Bertz CT molecular complexity index is 1560. The molecule has 0 spiro atoms. The molecule has 2 fully saturated rings. The van der Waals surface area contributed by atoms with Crippen LogP contribution in [0.25, 0.3) is 11.3 Å². The second-order valence-electron chi connectivity index (χ2n) is 10.1. The molecule has 3 heterocycles. The van der Waals surface area contributed by atoms with Crippen molar-refractivity contribution in [1.82, 2.24) is 24.7 Å². The van der Waals surface area contributed by atoms with Gasteiger partial charge in [0, 0.05) is 51.0 Å². The number of imidazole rings is 1. The number of anilines is 1. The molecule has 3 aromatic rings. The highest BCUT2D eigenvalue weighted by Gasteiger charge is 2.34. The van der Waals surface area contributed by atoms with Gasteiger partial charge in [0.1, 0.15) is 10.8 Å². The lowest BCUT2D eigenvalue weighted by Gasteiger charge is -2.36. The van der Waals surface area contributed by atoms with Gasteiger partial charge in [-0.05, 0) is 36.8 Å². The van der Waals surface area contributed by atoms with Gasteiger partial charge in [0.15, 0.2) is 11.6 Å². The van der Waals surface area contributed by atoms with Crippen LogP contribution >= 0.6 is 23.2 Å². The molecule has 1 aromatic heterocycles. The van der Waals surface area contributed by atoms with Gasteiger partial charge in [-0.25, -0.2) is 13.8 Å². The molecular weight excluding hydrogens is 609 g/mol. The Morgan fingerprint density at radius 2 is 1.86 bits per heavy atom. The third kappa shape index (κ3) is 6.30. The van der Waals surface area contributed by atoms with Gasteiger partial charge in [-0.15, -0.1) is 0 Å². The fourth-order valence-corrected chi connectivity index (χ4v) is 5.63. The van der Waals surface area contributed by atoms with Crippen LogP contribution in [0.3, 0.4) is 0 Å². The number of aromatic nitrogens is 2. The number of aliphatic hydroxyl groups is 1. The number of carbonyl (C=O) groups excluding carboxylic acids is 3. The number of β-amino-alcohol motifs (C(OH)–C–C–N with tert-alkyl or cyclic N) is 1. The van der Waals surface area contributed by atoms with Crippen LogP contribution < -0.4 is 15.4 Å². The van der Waals surface area contributed by atoms with E-state index in [2.05, 4.69) is 20.4 Å². The molecule has 0 unspecified atom stereocenters. The van der Waals surface area contributed by atoms with E-state index in [-0.39, 0.29) is 45.2 Å². The number of hydrogen-bond donors (Lipinski definition) is 3. The number of carbonyl (C=O) groups is 3. The summed E-state index contributed by atoms with van der Waals surface area (Å²) < 4.78 is 33.4. The van der Waals surface area contributed by atoms with Gasteiger partial charge < -0.3 is 34.8 Å². The van der Waals surface area contributed by atoms with Gasteiger partial charge in [-0.3, -0.25) is 14.4 Å². The van der Waals surface area contributed by atoms with Crippen molar-refractivity contribution >= 4 is 46.6 Å². The molecule has 2 aliphatic rings. The number of nitrogens with one attached hydrogen (secondary N) is 2. The Hall–Kier alpha value is -3.78. The van der Waals surface area contributed by atoms with Crippen molar-refractivity contribution in [3.05, 3.63) is 63.8 Å². The standard InChI is InChI=1S/C28H28Cl2F2N6O5/c1-36-21(18-4-5-22(43-14-31)23(30)24(18)32)13-34-25(36)26(40)35-15-2-3-17(19(29)10-15)27(41)37-6-8-38(9-7-37)28(42)20-11-16(39)12-33-20/h2-5,10,13,16,20,33,39H,6-9,11-12,14H2,1H3,(H,35,40)/t16-,20+/m1/s1. The quantitative estimate of drug-likeness (QED) is 0.363. The van der Waals surface area contributed by atoms with E-state index < -0.39 is 35.8 Å². The molecular formula is C28H28Cl2F2N6O5. The van der Waals surface area contributed by atoms with Gasteiger partial charge in [0.2, 0.25) is 12.8 Å². The van der Waals surface area contributed by atoms with Crippen molar-refractivity contribution in [1.29, 1.82) is 0 Å². The van der Waals surface area contributed by atoms with E-state index >= 15 is 0 Å². The summed E-state index contributed by atoms with van der Waals surface area (Å²) in [6, 6.07) is 6.72. The third-order valence-electron chi connectivity index (χ3n) is 7.47. The van der Waals surface area contributed by atoms with Crippen molar-refractivity contribution in [3.8, 4) is 17.0 Å². The summed E-state index contributed by atoms with van der Waals surface area (Å²) >= 11 is 12.4. The summed E-state index contributed by atoms with van der Waals surface area (Å²) in [4.78, 5) is 46.2. The first kappa shape index (κ1) is 30.7. The van der Waals surface area contributed by atoms with E-state index in [9.17, 15) is 28.3 Å². The average Bonchev–Trinajstić information content (AvgIpc) is 3.60. The highest BCUT2D eigenvalue weighted by Crippen LogP contribution is 2.35. The van der Waals surface area contributed by atoms with Crippen molar-refractivity contribution in [2.45, 2.75) is 18.6 Å². The number of aliphatic hydroxyl groups excluding tert-OH is 1. The largest absolute Gasteiger partial charge is 0.461 e. The molecule has 2 aromatic carbocycles. The zero-order valence-electron chi connectivity index (χ0n) is 22.9. The van der Waals surface area contributed by atoms with E-state index in [0.29, 0.717) is 44.8 Å². The summed E-state index contributed by atoms with van der Waals surface area (Å²) in [5.74, 6) is -2.05. The predicted molar refractivity (Wildman–Crippen MR) is 155 cm³/mol. The Labute approximate surface area is 255 Å². The molecule has 0 bridgehead atoms. The molecule has 2 saturated heterocycles. The van der Waals surface area contributed by atoms with Crippen molar-refractivity contribution < 1.29 is 33.0 Å². The van der Waals surface area contributed by atoms with Crippen LogP contribution in [0.4, 0.5) is 14.5 Å². The second-order valence-corrected chi connectivity index (χ2v) is 10.9. The minimum Gasteiger partial charge on any atom is -0.461 e. The molecule has 5 rings (SSSR count). The highest BCUT2D eigenvalue weighted by atomic mass is 35.5. The second kappa shape index (κ2) is 12.8. The zero-order chi connectivity index (χ0) is 30.8. The van der Waals surface area contributed by atoms with E-state index in [1.54, 1.807) is 9.80 Å². The number of benzene rings is 2. The molecule has 0 radical (unpaired) electrons. The van der Waals surface area contributed by atoms with Gasteiger partial charge in [0.05, 0.1) is 34.6 Å². The number of halogens is 4. The Balaban J connectivity index is 1.22. The smallest absolute Gasteiger partial charge is 0.291 e. The van der Waals surface area contributed by atoms with E-state index in [4.69, 9.17) is 23.2 Å². The summed E-state index contributed by atoms with van der Waals surface area (Å²) in [5.41, 5.74) is 0.830. The first-order valence-electron chi connectivity index (χ1n) is 13.4. The predicted octanol–water partition coefficient (Wildman–Crippen LogP) is 3.10. The van der Waals surface area contributed by atoms with Crippen LogP contribution in [0.2, 0.25) is 10.0 Å². The summed E-state index contributed by atoms with van der Waals surface area (Å²) in [6.07, 6.45) is 1.14. The van der Waals surface area contributed by atoms with Crippen LogP contribution in [0.5, 0.6) is 5.75 Å². The maximum atomic E-state index is 14.9. The van der Waals surface area contributed by atoms with Crippen LogP contribution in [-0.2, 0) is 11.8 Å². The third-order valence-corrected chi connectivity index (χ3v) is 8.13. The SMILES string of the molecule is Cn1c(-c2ccc(OCF)c(Cl)c2F)cnc1C(=O)Nc1ccc(C(=O)N2CCN(C(=O)[C@@H]3C[C@@H](O)CN3)CC2)c(Cl)c1. The molecule has 0 aliphatic carbocycles. The molecule has 43 heavy (non-hydrogen) atoms. The topological polar surface area (TPSA) is 129 Å². The van der Waals surface area contributed by atoms with Crippen LogP contribution in [0.1, 0.15) is 27.4 Å². The summed E-state index contributed by atoms with van der Waals surface area (Å²) in [6.45, 7) is 0.596. The number of alkyl halides is 1. The fourth-order valence-electron chi connectivity index (χ4n) is 5.15. The lowest BCUT2D eigenvalue weighted by Crippen LogP contribution is -2.54. The fraction of sp³-hybridized carbons (Fsp3) is 0.357. The Morgan fingerprint density at radius 1 is 1.14 bits per heavy atom. The number of piperazine rings is 1. The van der Waals surface area contributed by atoms with Crippen LogP contribution in [0.15, 0.2) is 36.5 Å². The summed E-state index contributed by atoms with van der Waals surface area (Å²) in [7, 11) is 1.52. The minimum absolute atomic E-state index is 0.0374. The lowest BCUT2D eigenvalue weighted by atomic mass is 10.1. The van der Waals surface area contributed by atoms with E-state index in [1.165, 1.54) is 48.1 Å². The van der Waals surface area contributed by atoms with Crippen molar-refractivity contribution in [2.24, 2.45) is 7.05 Å². The van der Waals surface area contributed by atoms with Crippen LogP contribution in [-0.4, -0.2) is 93.9 Å². The first-order chi connectivity index (χ1) is 20.6. The van der Waals surface area contributed by atoms with Crippen molar-refractivity contribution in [2.75, 3.05) is 44.9 Å². The molecule has 2 aliphatic heterocycles. The Kier molecular flexibility index (Phi) is 9.16. The number of rotatable bonds is 7. The molecule has 0 saturated carbocycles. The molecule has 15 heteroatoms. The minimum atomic E-state index is -1.17. The van der Waals surface area contributed by atoms with E-state index in [1.807, 2.05) is 0 Å². The average molecular weight is 637 g/mol. The maximum Gasteiger partial charge on any atom is 0.291 e. The molecule has 3 amide bonds. The van der Waals surface area contributed by atoms with Gasteiger partial charge in [0.25, 0.3) is 11.8 Å². The van der Waals surface area contributed by atoms with Crippen molar-refractivity contribution in [3.63, 3.8) is 0 Å². The van der Waals surface area contributed by atoms with Gasteiger partial charge in [-0.2, -0.15) is 0 Å². The van der Waals surface area contributed by atoms with Gasteiger partial charge in [-0.1, -0.05) is 23.2 Å². The zero-order valence-corrected chi connectivity index (χ0v) is 24.5. The maximum absolute atomic E-state index is 14.9. The molecule has 11 nitrogen and oxygen atoms in total. The normalized spacial score (nSPS) is 18.6. The number of ether oxygens (including phenoxy) is 1.